The lowest BCUT2D eigenvalue weighted by molar-refractivity contribution is -0.138. The third kappa shape index (κ3) is 5.22. The van der Waals surface area contributed by atoms with Crippen molar-refractivity contribution in [1.29, 1.82) is 0 Å². The van der Waals surface area contributed by atoms with E-state index in [-0.39, 0.29) is 0 Å². The summed E-state index contributed by atoms with van der Waals surface area (Å²) < 4.78 is 1.13. The molecule has 1 atom stereocenters. The Morgan fingerprint density at radius 2 is 1.68 bits per heavy atom. The van der Waals surface area contributed by atoms with Gasteiger partial charge in [0.05, 0.1) is 5.69 Å². The molecule has 2 aromatic carbocycles. The van der Waals surface area contributed by atoms with Gasteiger partial charge in [-0.2, -0.15) is 0 Å². The summed E-state index contributed by atoms with van der Waals surface area (Å²) >= 11 is 3.58. The molecule has 3 N–H and O–H groups in total. The lowest BCUT2D eigenvalue weighted by Gasteiger charge is -2.08. The van der Waals surface area contributed by atoms with Crippen molar-refractivity contribution in [3.05, 3.63) is 70.2 Å². The van der Waals surface area contributed by atoms with Crippen LogP contribution in [0.4, 0.5) is 0 Å². The van der Waals surface area contributed by atoms with E-state index in [4.69, 9.17) is 10.8 Å². The van der Waals surface area contributed by atoms with Gasteiger partial charge in [-0.15, -0.1) is 11.3 Å². The molecule has 0 fully saturated rings. The van der Waals surface area contributed by atoms with Gasteiger partial charge in [-0.1, -0.05) is 67.2 Å². The standard InChI is InChI=1S/C22H24N2O2S2/c1-3-20-14(2)24-22(28-20)27-13-16-6-10-18(11-7-16)17-8-4-15(5-9-17)12-19(23)21(25)26/h4-11,19H,3,12-13,23H2,1-2H3,(H,25,26). The fraction of sp³-hybridized carbons (Fsp3) is 0.273. The SMILES string of the molecule is CCc1sc(SCc2ccc(-c3ccc(CC(N)C(=O)O)cc3)cc2)nc1C. The number of thiazole rings is 1. The van der Waals surface area contributed by atoms with Crippen LogP contribution in [0.2, 0.25) is 0 Å². The van der Waals surface area contributed by atoms with Gasteiger partial charge in [0.25, 0.3) is 0 Å². The van der Waals surface area contributed by atoms with Crippen molar-refractivity contribution in [2.45, 2.75) is 42.8 Å². The molecule has 0 aliphatic carbocycles. The fourth-order valence-corrected chi connectivity index (χ4v) is 5.03. The Morgan fingerprint density at radius 1 is 1.11 bits per heavy atom. The van der Waals surface area contributed by atoms with E-state index in [0.29, 0.717) is 6.42 Å². The second kappa shape index (κ2) is 9.37. The van der Waals surface area contributed by atoms with Crippen LogP contribution < -0.4 is 5.73 Å². The molecule has 0 saturated carbocycles. The quantitative estimate of drug-likeness (QED) is 0.513. The van der Waals surface area contributed by atoms with Crippen LogP contribution in [0.25, 0.3) is 11.1 Å². The zero-order valence-electron chi connectivity index (χ0n) is 16.0. The predicted octanol–water partition coefficient (Wildman–Crippen LogP) is 4.93. The number of nitrogens with zero attached hydrogens (tertiary/aromatic N) is 1. The molecule has 0 saturated heterocycles. The highest BCUT2D eigenvalue weighted by atomic mass is 32.2. The van der Waals surface area contributed by atoms with E-state index in [2.05, 4.69) is 43.1 Å². The number of aliphatic carboxylic acids is 1. The number of carbonyl (C=O) groups is 1. The molecule has 6 heteroatoms. The lowest BCUT2D eigenvalue weighted by atomic mass is 10.0. The minimum atomic E-state index is -0.976. The van der Waals surface area contributed by atoms with Crippen LogP contribution in [-0.2, 0) is 23.4 Å². The Morgan fingerprint density at radius 3 is 2.18 bits per heavy atom. The van der Waals surface area contributed by atoms with Crippen LogP contribution in [0.5, 0.6) is 0 Å². The maximum Gasteiger partial charge on any atom is 0.320 e. The Bertz CT molecular complexity index is 934. The zero-order valence-corrected chi connectivity index (χ0v) is 17.6. The zero-order chi connectivity index (χ0) is 20.1. The van der Waals surface area contributed by atoms with Crippen molar-refractivity contribution in [2.75, 3.05) is 0 Å². The summed E-state index contributed by atoms with van der Waals surface area (Å²) in [5.41, 5.74) is 11.2. The first-order valence-electron chi connectivity index (χ1n) is 9.22. The summed E-state index contributed by atoms with van der Waals surface area (Å²) in [7, 11) is 0. The van der Waals surface area contributed by atoms with Gasteiger partial charge in [0.15, 0.2) is 4.34 Å². The number of benzene rings is 2. The van der Waals surface area contributed by atoms with Crippen molar-refractivity contribution in [3.8, 4) is 11.1 Å². The second-order valence-electron chi connectivity index (χ2n) is 6.67. The van der Waals surface area contributed by atoms with Crippen molar-refractivity contribution in [2.24, 2.45) is 5.73 Å². The molecule has 28 heavy (non-hydrogen) atoms. The fourth-order valence-electron chi connectivity index (χ4n) is 2.90. The largest absolute Gasteiger partial charge is 0.480 e. The Hall–Kier alpha value is -2.15. The first kappa shape index (κ1) is 20.6. The van der Waals surface area contributed by atoms with Crippen molar-refractivity contribution in [3.63, 3.8) is 0 Å². The van der Waals surface area contributed by atoms with Crippen LogP contribution in [0, 0.1) is 6.92 Å². The number of aryl methyl sites for hydroxylation is 2. The average molecular weight is 413 g/mol. The minimum Gasteiger partial charge on any atom is -0.480 e. The van der Waals surface area contributed by atoms with E-state index in [9.17, 15) is 4.79 Å². The number of hydrogen-bond acceptors (Lipinski definition) is 5. The van der Waals surface area contributed by atoms with Gasteiger partial charge in [-0.05, 0) is 42.0 Å². The highest BCUT2D eigenvalue weighted by Gasteiger charge is 2.12. The Kier molecular flexibility index (Phi) is 6.88. The van der Waals surface area contributed by atoms with Crippen LogP contribution >= 0.6 is 23.1 Å². The summed E-state index contributed by atoms with van der Waals surface area (Å²) in [6.45, 7) is 4.25. The molecule has 3 rings (SSSR count). The van der Waals surface area contributed by atoms with Crippen molar-refractivity contribution < 1.29 is 9.90 Å². The molecule has 1 unspecified atom stereocenters. The molecule has 0 amide bonds. The predicted molar refractivity (Wildman–Crippen MR) is 117 cm³/mol. The van der Waals surface area contributed by atoms with Gasteiger partial charge in [-0.3, -0.25) is 4.79 Å². The summed E-state index contributed by atoms with van der Waals surface area (Å²) in [5, 5.41) is 8.92. The summed E-state index contributed by atoms with van der Waals surface area (Å²) in [6, 6.07) is 15.6. The number of thioether (sulfide) groups is 1. The highest BCUT2D eigenvalue weighted by Crippen LogP contribution is 2.30. The molecule has 1 heterocycles. The third-order valence-electron chi connectivity index (χ3n) is 4.57. The van der Waals surface area contributed by atoms with Gasteiger partial charge in [0.1, 0.15) is 6.04 Å². The topological polar surface area (TPSA) is 76.2 Å². The number of rotatable bonds is 8. The van der Waals surface area contributed by atoms with Crippen LogP contribution in [-0.4, -0.2) is 22.1 Å². The van der Waals surface area contributed by atoms with E-state index in [1.54, 1.807) is 23.1 Å². The maximum atomic E-state index is 10.9. The number of nitrogens with two attached hydrogens (primary N) is 1. The monoisotopic (exact) mass is 412 g/mol. The van der Waals surface area contributed by atoms with Gasteiger partial charge >= 0.3 is 5.97 Å². The first-order valence-corrected chi connectivity index (χ1v) is 11.0. The Labute approximate surface area is 173 Å². The van der Waals surface area contributed by atoms with Gasteiger partial charge < -0.3 is 10.8 Å². The second-order valence-corrected chi connectivity index (χ2v) is 8.98. The van der Waals surface area contributed by atoms with E-state index in [0.717, 1.165) is 38.9 Å². The number of carboxylic acids is 1. The molecule has 0 aliphatic heterocycles. The summed E-state index contributed by atoms with van der Waals surface area (Å²) in [5.74, 6) is -0.0704. The molecule has 0 radical (unpaired) electrons. The summed E-state index contributed by atoms with van der Waals surface area (Å²) in [6.07, 6.45) is 1.38. The van der Waals surface area contributed by atoms with E-state index in [1.165, 1.54) is 10.4 Å². The van der Waals surface area contributed by atoms with Gasteiger partial charge in [0, 0.05) is 10.6 Å². The van der Waals surface area contributed by atoms with Crippen molar-refractivity contribution >= 4 is 29.1 Å². The van der Waals surface area contributed by atoms with Crippen LogP contribution in [0.3, 0.4) is 0 Å². The van der Waals surface area contributed by atoms with E-state index < -0.39 is 12.0 Å². The molecular formula is C22H24N2O2S2. The molecule has 0 spiro atoms. The third-order valence-corrected chi connectivity index (χ3v) is 7.09. The average Bonchev–Trinajstić information content (AvgIpc) is 3.07. The van der Waals surface area contributed by atoms with Gasteiger partial charge in [-0.25, -0.2) is 4.98 Å². The number of carboxylic acid groups (broad SMARTS) is 1. The lowest BCUT2D eigenvalue weighted by Crippen LogP contribution is -2.32. The molecular weight excluding hydrogens is 388 g/mol. The maximum absolute atomic E-state index is 10.9. The first-order chi connectivity index (χ1) is 13.5. The van der Waals surface area contributed by atoms with Crippen molar-refractivity contribution in [1.82, 2.24) is 4.98 Å². The molecule has 0 bridgehead atoms. The highest BCUT2D eigenvalue weighted by molar-refractivity contribution is 8.00. The van der Waals surface area contributed by atoms with E-state index in [1.807, 2.05) is 24.3 Å². The van der Waals surface area contributed by atoms with Crippen LogP contribution in [0.1, 0.15) is 28.6 Å². The summed E-state index contributed by atoms with van der Waals surface area (Å²) in [4.78, 5) is 16.9. The molecule has 146 valence electrons. The molecule has 3 aromatic rings. The van der Waals surface area contributed by atoms with Crippen LogP contribution in [0.15, 0.2) is 52.9 Å². The number of hydrogen-bond donors (Lipinski definition) is 2. The molecule has 0 aliphatic rings. The smallest absolute Gasteiger partial charge is 0.320 e. The normalized spacial score (nSPS) is 12.1. The Balaban J connectivity index is 1.61. The van der Waals surface area contributed by atoms with Gasteiger partial charge in [0.2, 0.25) is 0 Å². The number of aromatic nitrogens is 1. The molecule has 1 aromatic heterocycles. The molecule has 4 nitrogen and oxygen atoms in total. The van der Waals surface area contributed by atoms with E-state index >= 15 is 0 Å². The minimum absolute atomic E-state index is 0.335.